The van der Waals surface area contributed by atoms with E-state index in [1.807, 2.05) is 34.6 Å². The van der Waals surface area contributed by atoms with E-state index in [-0.39, 0.29) is 17.4 Å². The minimum absolute atomic E-state index is 0.101. The second-order valence-corrected chi connectivity index (χ2v) is 14.1. The molecule has 0 aliphatic carbocycles. The van der Waals surface area contributed by atoms with Crippen LogP contribution in [0.25, 0.3) is 0 Å². The van der Waals surface area contributed by atoms with Gasteiger partial charge in [-0.15, -0.1) is 0 Å². The van der Waals surface area contributed by atoms with Gasteiger partial charge in [0.1, 0.15) is 18.1 Å². The molecule has 1 aliphatic heterocycles. The number of amides is 6. The number of carboxylic acids is 1. The molecule has 0 radical (unpaired) electrons. The van der Waals surface area contributed by atoms with E-state index in [0.717, 1.165) is 12.8 Å². The lowest BCUT2D eigenvalue weighted by Crippen LogP contribution is -2.61. The highest BCUT2D eigenvalue weighted by atomic mass is 16.4. The minimum atomic E-state index is -1.55. The van der Waals surface area contributed by atoms with Gasteiger partial charge < -0.3 is 41.7 Å². The van der Waals surface area contributed by atoms with E-state index in [9.17, 15) is 39.0 Å². The van der Waals surface area contributed by atoms with E-state index in [4.69, 9.17) is 0 Å². The zero-order valence-electron chi connectivity index (χ0n) is 28.2. The summed E-state index contributed by atoms with van der Waals surface area (Å²) in [6.07, 6.45) is 2.18. The summed E-state index contributed by atoms with van der Waals surface area (Å²) in [6.45, 7) is 15.4. The highest BCUT2D eigenvalue weighted by Gasteiger charge is 2.38. The van der Waals surface area contributed by atoms with Crippen molar-refractivity contribution in [3.8, 4) is 0 Å². The second kappa shape index (κ2) is 17.9. The van der Waals surface area contributed by atoms with Gasteiger partial charge in [-0.3, -0.25) is 24.0 Å². The lowest BCUT2D eigenvalue weighted by molar-refractivity contribution is -0.142. The summed E-state index contributed by atoms with van der Waals surface area (Å²) < 4.78 is 0. The average Bonchev–Trinajstić information content (AvgIpc) is 3.47. The first-order chi connectivity index (χ1) is 20.8. The molecule has 45 heavy (non-hydrogen) atoms. The summed E-state index contributed by atoms with van der Waals surface area (Å²) in [5.74, 6) is -4.22. The van der Waals surface area contributed by atoms with Gasteiger partial charge in [-0.1, -0.05) is 55.4 Å². The van der Waals surface area contributed by atoms with Gasteiger partial charge in [-0.05, 0) is 42.9 Å². The fraction of sp³-hybridized carbons (Fsp3) is 0.806. The van der Waals surface area contributed by atoms with Crippen molar-refractivity contribution in [3.63, 3.8) is 0 Å². The fourth-order valence-electron chi connectivity index (χ4n) is 5.12. The number of likely N-dealkylation sites (tertiary alicyclic amines) is 1. The summed E-state index contributed by atoms with van der Waals surface area (Å²) in [4.78, 5) is 79.4. The van der Waals surface area contributed by atoms with Crippen molar-refractivity contribution >= 4 is 35.6 Å². The SMILES string of the molecule is CCC(CC)NC(=O)N[C@H](C(=O)N[C@@H](CC(=O)N1CCCC1)C(=O)N[C@@H](CC(=O)O)C(=O)N[C@H](CO)CC(C)(C)C)C(C)(C)C. The molecule has 0 aromatic carbocycles. The number of hydrogen-bond acceptors (Lipinski definition) is 7. The summed E-state index contributed by atoms with van der Waals surface area (Å²) >= 11 is 0. The highest BCUT2D eigenvalue weighted by molar-refractivity contribution is 5.97. The van der Waals surface area contributed by atoms with Gasteiger partial charge in [-0.2, -0.15) is 0 Å². The number of aliphatic carboxylic acids is 1. The molecule has 0 unspecified atom stereocenters. The maximum Gasteiger partial charge on any atom is 0.315 e. The van der Waals surface area contributed by atoms with Crippen molar-refractivity contribution in [1.29, 1.82) is 0 Å². The number of carboxylic acid groups (broad SMARTS) is 1. The Morgan fingerprint density at radius 1 is 0.711 bits per heavy atom. The summed E-state index contributed by atoms with van der Waals surface area (Å²) in [7, 11) is 0. The molecule has 0 aromatic rings. The summed E-state index contributed by atoms with van der Waals surface area (Å²) in [6, 6.07) is -5.47. The number of hydrogen-bond donors (Lipinski definition) is 7. The molecule has 14 heteroatoms. The first kappa shape index (κ1) is 39.6. The van der Waals surface area contributed by atoms with Gasteiger partial charge in [0, 0.05) is 19.1 Å². The number of urea groups is 1. The van der Waals surface area contributed by atoms with Crippen LogP contribution in [0.3, 0.4) is 0 Å². The van der Waals surface area contributed by atoms with Gasteiger partial charge in [-0.25, -0.2) is 4.79 Å². The van der Waals surface area contributed by atoms with Crippen LogP contribution >= 0.6 is 0 Å². The molecule has 6 amide bonds. The van der Waals surface area contributed by atoms with Crippen molar-refractivity contribution in [2.45, 2.75) is 131 Å². The molecule has 1 rings (SSSR count). The number of aliphatic hydroxyl groups is 1. The largest absolute Gasteiger partial charge is 0.481 e. The van der Waals surface area contributed by atoms with E-state index < -0.39 is 78.8 Å². The van der Waals surface area contributed by atoms with Gasteiger partial charge in [0.15, 0.2) is 0 Å². The molecule has 258 valence electrons. The zero-order valence-corrected chi connectivity index (χ0v) is 28.2. The molecule has 0 spiro atoms. The summed E-state index contributed by atoms with van der Waals surface area (Å²) in [5.41, 5.74) is -1.06. The lowest BCUT2D eigenvalue weighted by Gasteiger charge is -2.33. The molecular formula is C31H56N6O8. The Morgan fingerprint density at radius 3 is 1.69 bits per heavy atom. The van der Waals surface area contributed by atoms with E-state index in [2.05, 4.69) is 26.6 Å². The quantitative estimate of drug-likeness (QED) is 0.130. The lowest BCUT2D eigenvalue weighted by atomic mass is 9.86. The van der Waals surface area contributed by atoms with E-state index >= 15 is 0 Å². The van der Waals surface area contributed by atoms with Crippen molar-refractivity contribution < 1.29 is 39.0 Å². The van der Waals surface area contributed by atoms with Crippen LogP contribution in [0.15, 0.2) is 0 Å². The standard InChI is InChI=1S/C31H56N6O8/c1-9-19(10-2)33-29(45)36-25(31(6,7)8)28(44)35-21(15-23(39)37-13-11-12-14-37)27(43)34-22(16-24(40)41)26(42)32-20(18-38)17-30(3,4)5/h19-22,25,38H,9-18H2,1-8H3,(H,32,42)(H,34,43)(H,35,44)(H,40,41)(H2,33,36,45)/t20-,21-,22-,25+/m0/s1. The third-order valence-electron chi connectivity index (χ3n) is 7.63. The Labute approximate surface area is 267 Å². The molecule has 1 fully saturated rings. The van der Waals surface area contributed by atoms with Crippen LogP contribution in [-0.4, -0.2) is 101 Å². The van der Waals surface area contributed by atoms with Crippen LogP contribution in [0.2, 0.25) is 0 Å². The average molecular weight is 641 g/mol. The molecule has 0 bridgehead atoms. The van der Waals surface area contributed by atoms with Crippen LogP contribution in [-0.2, 0) is 24.0 Å². The van der Waals surface area contributed by atoms with Crippen molar-refractivity contribution in [2.24, 2.45) is 10.8 Å². The predicted molar refractivity (Wildman–Crippen MR) is 169 cm³/mol. The number of carbonyl (C=O) groups excluding carboxylic acids is 5. The topological polar surface area (TPSA) is 206 Å². The van der Waals surface area contributed by atoms with Crippen LogP contribution in [0.1, 0.15) is 100 Å². The Morgan fingerprint density at radius 2 is 1.22 bits per heavy atom. The second-order valence-electron chi connectivity index (χ2n) is 14.1. The Balaban J connectivity index is 3.27. The Bertz CT molecular complexity index is 1030. The van der Waals surface area contributed by atoms with E-state index in [0.29, 0.717) is 32.4 Å². The third kappa shape index (κ3) is 14.5. The maximum atomic E-state index is 13.6. The number of rotatable bonds is 16. The minimum Gasteiger partial charge on any atom is -0.481 e. The number of aliphatic hydroxyl groups excluding tert-OH is 1. The van der Waals surface area contributed by atoms with Gasteiger partial charge in [0.2, 0.25) is 23.6 Å². The fourth-order valence-corrected chi connectivity index (χ4v) is 5.12. The molecule has 0 saturated carbocycles. The van der Waals surface area contributed by atoms with Crippen LogP contribution in [0.4, 0.5) is 4.79 Å². The van der Waals surface area contributed by atoms with Crippen molar-refractivity contribution in [3.05, 3.63) is 0 Å². The highest BCUT2D eigenvalue weighted by Crippen LogP contribution is 2.21. The zero-order chi connectivity index (χ0) is 34.5. The molecule has 14 nitrogen and oxygen atoms in total. The smallest absolute Gasteiger partial charge is 0.315 e. The predicted octanol–water partition coefficient (Wildman–Crippen LogP) is 1.26. The van der Waals surface area contributed by atoms with Crippen LogP contribution in [0, 0.1) is 10.8 Å². The first-order valence-corrected chi connectivity index (χ1v) is 15.9. The van der Waals surface area contributed by atoms with Crippen LogP contribution < -0.4 is 26.6 Å². The molecule has 1 saturated heterocycles. The van der Waals surface area contributed by atoms with Crippen molar-refractivity contribution in [1.82, 2.24) is 31.5 Å². The normalized spacial score (nSPS) is 16.3. The molecule has 0 aromatic heterocycles. The molecule has 4 atom stereocenters. The van der Waals surface area contributed by atoms with Crippen LogP contribution in [0.5, 0.6) is 0 Å². The van der Waals surface area contributed by atoms with Gasteiger partial charge in [0.25, 0.3) is 0 Å². The van der Waals surface area contributed by atoms with E-state index in [1.165, 1.54) is 0 Å². The Hall–Kier alpha value is -3.42. The number of nitrogens with zero attached hydrogens (tertiary/aromatic N) is 1. The van der Waals surface area contributed by atoms with Gasteiger partial charge in [0.05, 0.1) is 25.5 Å². The molecule has 1 aliphatic rings. The summed E-state index contributed by atoms with van der Waals surface area (Å²) in [5, 5.41) is 32.4. The van der Waals surface area contributed by atoms with E-state index in [1.54, 1.807) is 25.7 Å². The maximum absolute atomic E-state index is 13.6. The number of nitrogens with one attached hydrogen (secondary N) is 5. The molecule has 7 N–H and O–H groups in total. The first-order valence-electron chi connectivity index (χ1n) is 15.9. The molecule has 1 heterocycles. The molecular weight excluding hydrogens is 584 g/mol. The number of carbonyl (C=O) groups is 6. The Kier molecular flexibility index (Phi) is 15.8. The van der Waals surface area contributed by atoms with Crippen molar-refractivity contribution in [2.75, 3.05) is 19.7 Å². The third-order valence-corrected chi connectivity index (χ3v) is 7.63. The van der Waals surface area contributed by atoms with Gasteiger partial charge >= 0.3 is 12.0 Å². The monoisotopic (exact) mass is 640 g/mol.